The standard InChI is InChI=1S/C18H22F2N2O2S/c1-3-5-15(6-4-2)22-25(23,24)16-9-7-13(8-10-16)18-17(20)11-14(19)12-21-18/h7-12,15,22H,3-6H2,1-2H3. The maximum atomic E-state index is 13.8. The van der Waals surface area contributed by atoms with Crippen LogP contribution >= 0.6 is 0 Å². The number of sulfonamides is 1. The van der Waals surface area contributed by atoms with Crippen molar-refractivity contribution in [1.82, 2.24) is 9.71 Å². The lowest BCUT2D eigenvalue weighted by atomic mass is 10.1. The summed E-state index contributed by atoms with van der Waals surface area (Å²) in [7, 11) is -3.64. The van der Waals surface area contributed by atoms with Gasteiger partial charge in [0.05, 0.1) is 11.1 Å². The van der Waals surface area contributed by atoms with E-state index >= 15 is 0 Å². The summed E-state index contributed by atoms with van der Waals surface area (Å²) in [6.07, 6.45) is 4.25. The van der Waals surface area contributed by atoms with Crippen LogP contribution < -0.4 is 4.72 Å². The third-order valence-electron chi connectivity index (χ3n) is 3.84. The van der Waals surface area contributed by atoms with Gasteiger partial charge in [0.15, 0.2) is 5.82 Å². The Kier molecular flexibility index (Phi) is 6.61. The molecule has 0 saturated carbocycles. The summed E-state index contributed by atoms with van der Waals surface area (Å²) >= 11 is 0. The fourth-order valence-electron chi connectivity index (χ4n) is 2.67. The van der Waals surface area contributed by atoms with Gasteiger partial charge in [-0.25, -0.2) is 21.9 Å². The molecule has 0 aliphatic rings. The zero-order chi connectivity index (χ0) is 18.4. The third kappa shape index (κ3) is 5.06. The molecule has 1 aromatic carbocycles. The summed E-state index contributed by atoms with van der Waals surface area (Å²) in [6.45, 7) is 4.02. The number of hydrogen-bond donors (Lipinski definition) is 1. The Hall–Kier alpha value is -1.86. The van der Waals surface area contributed by atoms with Crippen molar-refractivity contribution < 1.29 is 17.2 Å². The van der Waals surface area contributed by atoms with Crippen LogP contribution in [0.2, 0.25) is 0 Å². The minimum absolute atomic E-state index is 0.0202. The molecular formula is C18H22F2N2O2S. The Morgan fingerprint density at radius 1 is 1.08 bits per heavy atom. The van der Waals surface area contributed by atoms with Crippen LogP contribution in [0.4, 0.5) is 8.78 Å². The molecule has 0 atom stereocenters. The van der Waals surface area contributed by atoms with Crippen molar-refractivity contribution in [2.75, 3.05) is 0 Å². The Labute approximate surface area is 147 Å². The first kappa shape index (κ1) is 19.5. The maximum Gasteiger partial charge on any atom is 0.240 e. The molecular weight excluding hydrogens is 346 g/mol. The van der Waals surface area contributed by atoms with Crippen LogP contribution in [0.3, 0.4) is 0 Å². The number of halogens is 2. The molecule has 0 aliphatic heterocycles. The Bertz CT molecular complexity index is 802. The van der Waals surface area contributed by atoms with Crippen molar-refractivity contribution in [2.45, 2.75) is 50.5 Å². The first-order valence-corrected chi connectivity index (χ1v) is 9.79. The van der Waals surface area contributed by atoms with E-state index in [1.165, 1.54) is 24.3 Å². The molecule has 0 spiro atoms. The minimum Gasteiger partial charge on any atom is -0.250 e. The predicted octanol–water partition coefficient (Wildman–Crippen LogP) is 4.27. The highest BCUT2D eigenvalue weighted by molar-refractivity contribution is 7.89. The zero-order valence-corrected chi connectivity index (χ0v) is 15.1. The maximum absolute atomic E-state index is 13.8. The second-order valence-corrected chi connectivity index (χ2v) is 7.62. The summed E-state index contributed by atoms with van der Waals surface area (Å²) < 4.78 is 54.4. The summed E-state index contributed by atoms with van der Waals surface area (Å²) in [6, 6.07) is 6.37. The molecule has 1 heterocycles. The molecule has 4 nitrogen and oxygen atoms in total. The van der Waals surface area contributed by atoms with Crippen LogP contribution in [-0.4, -0.2) is 19.4 Å². The van der Waals surface area contributed by atoms with E-state index in [-0.39, 0.29) is 16.6 Å². The fraction of sp³-hybridized carbons (Fsp3) is 0.389. The summed E-state index contributed by atoms with van der Waals surface area (Å²) in [5.41, 5.74) is 0.364. The van der Waals surface area contributed by atoms with Crippen molar-refractivity contribution in [3.63, 3.8) is 0 Å². The smallest absolute Gasteiger partial charge is 0.240 e. The number of aromatic nitrogens is 1. The van der Waals surface area contributed by atoms with Crippen LogP contribution in [-0.2, 0) is 10.0 Å². The second-order valence-electron chi connectivity index (χ2n) is 5.90. The van der Waals surface area contributed by atoms with Gasteiger partial charge < -0.3 is 0 Å². The molecule has 1 aromatic heterocycles. The average molecular weight is 368 g/mol. The lowest BCUT2D eigenvalue weighted by molar-refractivity contribution is 0.494. The monoisotopic (exact) mass is 368 g/mol. The van der Waals surface area contributed by atoms with Crippen molar-refractivity contribution in [2.24, 2.45) is 0 Å². The van der Waals surface area contributed by atoms with E-state index in [0.717, 1.165) is 37.9 Å². The Morgan fingerprint density at radius 2 is 1.68 bits per heavy atom. The lowest BCUT2D eigenvalue weighted by Gasteiger charge is -2.17. The number of rotatable bonds is 8. The normalized spacial score (nSPS) is 11.9. The molecule has 2 aromatic rings. The van der Waals surface area contributed by atoms with Crippen LogP contribution in [0.5, 0.6) is 0 Å². The predicted molar refractivity (Wildman–Crippen MR) is 93.5 cm³/mol. The highest BCUT2D eigenvalue weighted by atomic mass is 32.2. The van der Waals surface area contributed by atoms with E-state index in [2.05, 4.69) is 9.71 Å². The molecule has 0 aliphatic carbocycles. The number of hydrogen-bond acceptors (Lipinski definition) is 3. The summed E-state index contributed by atoms with van der Waals surface area (Å²) in [4.78, 5) is 3.83. The van der Waals surface area contributed by atoms with Gasteiger partial charge in [-0.05, 0) is 25.0 Å². The van der Waals surface area contributed by atoms with E-state index in [9.17, 15) is 17.2 Å². The van der Waals surface area contributed by atoms with Crippen LogP contribution in [0.15, 0.2) is 41.4 Å². The largest absolute Gasteiger partial charge is 0.250 e. The van der Waals surface area contributed by atoms with Gasteiger partial charge in [-0.15, -0.1) is 0 Å². The average Bonchev–Trinajstić information content (AvgIpc) is 2.55. The quantitative estimate of drug-likeness (QED) is 0.757. The van der Waals surface area contributed by atoms with E-state index in [1.54, 1.807) is 0 Å². The van der Waals surface area contributed by atoms with Gasteiger partial charge in [-0.2, -0.15) is 0 Å². The SMILES string of the molecule is CCCC(CCC)NS(=O)(=O)c1ccc(-c2ncc(F)cc2F)cc1. The van der Waals surface area contributed by atoms with Crippen molar-refractivity contribution in [1.29, 1.82) is 0 Å². The summed E-state index contributed by atoms with van der Waals surface area (Å²) in [5.74, 6) is -1.55. The van der Waals surface area contributed by atoms with Gasteiger partial charge in [0.1, 0.15) is 11.5 Å². The topological polar surface area (TPSA) is 59.1 Å². The third-order valence-corrected chi connectivity index (χ3v) is 5.38. The molecule has 0 saturated heterocycles. The van der Waals surface area contributed by atoms with E-state index in [0.29, 0.717) is 5.56 Å². The minimum atomic E-state index is -3.64. The number of benzene rings is 1. The Balaban J connectivity index is 2.23. The van der Waals surface area contributed by atoms with E-state index < -0.39 is 21.7 Å². The van der Waals surface area contributed by atoms with Crippen molar-refractivity contribution in [3.8, 4) is 11.3 Å². The fourth-order valence-corrected chi connectivity index (χ4v) is 3.97. The van der Waals surface area contributed by atoms with Gasteiger partial charge in [-0.3, -0.25) is 4.98 Å². The van der Waals surface area contributed by atoms with Crippen molar-refractivity contribution >= 4 is 10.0 Å². The highest BCUT2D eigenvalue weighted by Crippen LogP contribution is 2.23. The molecule has 7 heteroatoms. The second kappa shape index (κ2) is 8.49. The molecule has 0 radical (unpaired) electrons. The molecule has 0 bridgehead atoms. The Morgan fingerprint density at radius 3 is 2.20 bits per heavy atom. The van der Waals surface area contributed by atoms with Crippen LogP contribution in [0.1, 0.15) is 39.5 Å². The van der Waals surface area contributed by atoms with Gasteiger partial charge in [0.25, 0.3) is 0 Å². The summed E-state index contributed by atoms with van der Waals surface area (Å²) in [5, 5.41) is 0. The van der Waals surface area contributed by atoms with Gasteiger partial charge in [-0.1, -0.05) is 38.8 Å². The zero-order valence-electron chi connectivity index (χ0n) is 14.3. The molecule has 0 unspecified atom stereocenters. The molecule has 25 heavy (non-hydrogen) atoms. The van der Waals surface area contributed by atoms with E-state index in [1.807, 2.05) is 13.8 Å². The number of nitrogens with zero attached hydrogens (tertiary/aromatic N) is 1. The van der Waals surface area contributed by atoms with Crippen LogP contribution in [0.25, 0.3) is 11.3 Å². The molecule has 136 valence electrons. The number of nitrogens with one attached hydrogen (secondary N) is 1. The molecule has 2 rings (SSSR count). The lowest BCUT2D eigenvalue weighted by Crippen LogP contribution is -2.34. The first-order valence-electron chi connectivity index (χ1n) is 8.31. The first-order chi connectivity index (χ1) is 11.9. The molecule has 0 amide bonds. The van der Waals surface area contributed by atoms with Gasteiger partial charge in [0, 0.05) is 17.7 Å². The number of pyridine rings is 1. The van der Waals surface area contributed by atoms with Gasteiger partial charge in [0.2, 0.25) is 10.0 Å². The van der Waals surface area contributed by atoms with Gasteiger partial charge >= 0.3 is 0 Å². The van der Waals surface area contributed by atoms with Crippen molar-refractivity contribution in [3.05, 3.63) is 48.2 Å². The van der Waals surface area contributed by atoms with E-state index in [4.69, 9.17) is 0 Å². The van der Waals surface area contributed by atoms with Crippen LogP contribution in [0, 0.1) is 11.6 Å². The highest BCUT2D eigenvalue weighted by Gasteiger charge is 2.19. The molecule has 1 N–H and O–H groups in total. The molecule has 0 fully saturated rings.